The van der Waals surface area contributed by atoms with Gasteiger partial charge in [0.05, 0.1) is 7.11 Å². The number of carbonyl (C=O) groups is 2. The lowest BCUT2D eigenvalue weighted by molar-refractivity contribution is -0.150. The first-order valence-corrected chi connectivity index (χ1v) is 8.21. The summed E-state index contributed by atoms with van der Waals surface area (Å²) in [6, 6.07) is 16.7. The van der Waals surface area contributed by atoms with Crippen LogP contribution in [0.15, 0.2) is 59.0 Å². The van der Waals surface area contributed by atoms with Gasteiger partial charge in [-0.15, -0.1) is 0 Å². The molecule has 134 valence electrons. The van der Waals surface area contributed by atoms with Gasteiger partial charge in [0.2, 0.25) is 0 Å². The number of aliphatic hydroxyl groups is 1. The summed E-state index contributed by atoms with van der Waals surface area (Å²) in [5.74, 6) is -0.257. The average molecular weight is 353 g/mol. The number of ether oxygens (including phenoxy) is 1. The number of aliphatic hydroxyl groups excluding tert-OH is 1. The van der Waals surface area contributed by atoms with E-state index in [4.69, 9.17) is 4.42 Å². The number of para-hydroxylation sites is 1. The van der Waals surface area contributed by atoms with E-state index in [1.54, 1.807) is 12.1 Å². The zero-order chi connectivity index (χ0) is 18.5. The maximum atomic E-state index is 12.1. The Morgan fingerprint density at radius 2 is 1.88 bits per heavy atom. The summed E-state index contributed by atoms with van der Waals surface area (Å²) in [7, 11) is 1.20. The Morgan fingerprint density at radius 1 is 1.15 bits per heavy atom. The molecule has 2 aromatic carbocycles. The van der Waals surface area contributed by atoms with Gasteiger partial charge in [-0.2, -0.15) is 0 Å². The third-order valence-corrected chi connectivity index (χ3v) is 4.03. The van der Waals surface area contributed by atoms with Crippen molar-refractivity contribution in [2.75, 3.05) is 13.7 Å². The zero-order valence-electron chi connectivity index (χ0n) is 14.3. The van der Waals surface area contributed by atoms with E-state index in [9.17, 15) is 14.7 Å². The molecule has 0 saturated heterocycles. The highest BCUT2D eigenvalue weighted by Gasteiger charge is 2.15. The molecular weight excluding hydrogens is 334 g/mol. The van der Waals surface area contributed by atoms with Crippen LogP contribution >= 0.6 is 0 Å². The molecule has 0 bridgehead atoms. The minimum absolute atomic E-state index is 0.0927. The van der Waals surface area contributed by atoms with Gasteiger partial charge >= 0.3 is 5.97 Å². The number of hydrogen-bond acceptors (Lipinski definition) is 5. The van der Waals surface area contributed by atoms with Gasteiger partial charge in [0, 0.05) is 29.5 Å². The highest BCUT2D eigenvalue weighted by molar-refractivity contribution is 5.94. The van der Waals surface area contributed by atoms with E-state index < -0.39 is 12.1 Å². The monoisotopic (exact) mass is 353 g/mol. The summed E-state index contributed by atoms with van der Waals surface area (Å²) < 4.78 is 10.2. The van der Waals surface area contributed by atoms with Crippen molar-refractivity contribution in [3.05, 3.63) is 60.2 Å². The molecule has 0 aliphatic carbocycles. The van der Waals surface area contributed by atoms with E-state index in [0.717, 1.165) is 22.3 Å². The summed E-state index contributed by atoms with van der Waals surface area (Å²) in [5.41, 5.74) is 2.17. The summed E-state index contributed by atoms with van der Waals surface area (Å²) in [5, 5.41) is 13.2. The van der Waals surface area contributed by atoms with Gasteiger partial charge in [0.1, 0.15) is 11.3 Å². The molecule has 1 unspecified atom stereocenters. The van der Waals surface area contributed by atoms with Gasteiger partial charge < -0.3 is 19.6 Å². The molecule has 1 amide bonds. The highest BCUT2D eigenvalue weighted by Crippen LogP contribution is 2.27. The van der Waals surface area contributed by atoms with Crippen molar-refractivity contribution in [3.8, 4) is 11.3 Å². The van der Waals surface area contributed by atoms with Crippen molar-refractivity contribution in [1.82, 2.24) is 5.32 Å². The van der Waals surface area contributed by atoms with Gasteiger partial charge in [0.25, 0.3) is 5.91 Å². The molecule has 3 aromatic rings. The lowest BCUT2D eigenvalue weighted by Crippen LogP contribution is -2.30. The van der Waals surface area contributed by atoms with E-state index in [1.165, 1.54) is 7.11 Å². The molecule has 0 saturated carbocycles. The van der Waals surface area contributed by atoms with Crippen molar-refractivity contribution in [2.24, 2.45) is 0 Å². The zero-order valence-corrected chi connectivity index (χ0v) is 14.3. The Labute approximate surface area is 150 Å². The standard InChI is InChI=1S/C20H19NO5/c1-25-20(24)16(22)10-11-21-19(23)14-8-6-13(7-9-14)18-12-15-4-2-3-5-17(15)26-18/h2-9,12,16,22H,10-11H2,1H3,(H,21,23). The predicted molar refractivity (Wildman–Crippen MR) is 96.6 cm³/mol. The van der Waals surface area contributed by atoms with Gasteiger partial charge in [-0.05, 0) is 24.3 Å². The quantitative estimate of drug-likeness (QED) is 0.665. The number of fused-ring (bicyclic) bond motifs is 1. The number of nitrogens with one attached hydrogen (secondary N) is 1. The highest BCUT2D eigenvalue weighted by atomic mass is 16.5. The summed E-state index contributed by atoms with van der Waals surface area (Å²) in [6.45, 7) is 0.167. The average Bonchev–Trinajstić information content (AvgIpc) is 3.11. The van der Waals surface area contributed by atoms with E-state index >= 15 is 0 Å². The van der Waals surface area contributed by atoms with E-state index in [-0.39, 0.29) is 18.9 Å². The first-order valence-electron chi connectivity index (χ1n) is 8.21. The Balaban J connectivity index is 1.61. The maximum Gasteiger partial charge on any atom is 0.334 e. The number of furan rings is 1. The number of carbonyl (C=O) groups excluding carboxylic acids is 2. The lowest BCUT2D eigenvalue weighted by atomic mass is 10.1. The third kappa shape index (κ3) is 3.92. The maximum absolute atomic E-state index is 12.1. The molecule has 0 aliphatic rings. The molecule has 26 heavy (non-hydrogen) atoms. The van der Waals surface area contributed by atoms with E-state index in [2.05, 4.69) is 10.1 Å². The second-order valence-electron chi connectivity index (χ2n) is 5.81. The van der Waals surface area contributed by atoms with Crippen molar-refractivity contribution in [1.29, 1.82) is 0 Å². The SMILES string of the molecule is COC(=O)C(O)CCNC(=O)c1ccc(-c2cc3ccccc3o2)cc1. The Morgan fingerprint density at radius 3 is 2.58 bits per heavy atom. The lowest BCUT2D eigenvalue weighted by Gasteiger charge is -2.09. The second-order valence-corrected chi connectivity index (χ2v) is 5.81. The molecule has 0 spiro atoms. The molecule has 1 aromatic heterocycles. The summed E-state index contributed by atoms with van der Waals surface area (Å²) >= 11 is 0. The Bertz CT molecular complexity index is 880. The van der Waals surface area contributed by atoms with E-state index in [1.807, 2.05) is 42.5 Å². The fourth-order valence-corrected chi connectivity index (χ4v) is 2.59. The number of esters is 1. The van der Waals surface area contributed by atoms with Crippen LogP contribution in [0.3, 0.4) is 0 Å². The minimum Gasteiger partial charge on any atom is -0.467 e. The van der Waals surface area contributed by atoms with Crippen molar-refractivity contribution < 1.29 is 23.8 Å². The molecule has 0 aliphatic heterocycles. The molecule has 0 radical (unpaired) electrons. The number of methoxy groups -OCH3 is 1. The smallest absolute Gasteiger partial charge is 0.334 e. The number of benzene rings is 2. The van der Waals surface area contributed by atoms with Crippen LogP contribution in [0.2, 0.25) is 0 Å². The van der Waals surface area contributed by atoms with Crippen molar-refractivity contribution in [2.45, 2.75) is 12.5 Å². The molecule has 0 fully saturated rings. The van der Waals surface area contributed by atoms with Crippen LogP contribution in [0.5, 0.6) is 0 Å². The number of rotatable bonds is 6. The van der Waals surface area contributed by atoms with Crippen LogP contribution in [0.25, 0.3) is 22.3 Å². The van der Waals surface area contributed by atoms with Crippen molar-refractivity contribution >= 4 is 22.8 Å². The second kappa shape index (κ2) is 7.84. The summed E-state index contributed by atoms with van der Waals surface area (Å²) in [6.07, 6.45) is -1.15. The van der Waals surface area contributed by atoms with E-state index in [0.29, 0.717) is 5.56 Å². The van der Waals surface area contributed by atoms with Gasteiger partial charge in [-0.25, -0.2) is 4.79 Å². The van der Waals surface area contributed by atoms with Crippen LogP contribution in [0, 0.1) is 0 Å². The van der Waals surface area contributed by atoms with Gasteiger partial charge in [-0.3, -0.25) is 4.79 Å². The van der Waals surface area contributed by atoms with Crippen LogP contribution < -0.4 is 5.32 Å². The fraction of sp³-hybridized carbons (Fsp3) is 0.200. The molecule has 2 N–H and O–H groups in total. The van der Waals surface area contributed by atoms with Crippen LogP contribution in [-0.4, -0.2) is 36.7 Å². The molecule has 1 heterocycles. The predicted octanol–water partition coefficient (Wildman–Crippen LogP) is 2.75. The first-order chi connectivity index (χ1) is 12.6. The molecular formula is C20H19NO5. The normalized spacial score (nSPS) is 11.9. The molecule has 1 atom stereocenters. The van der Waals surface area contributed by atoms with Gasteiger partial charge in [-0.1, -0.05) is 30.3 Å². The Kier molecular flexibility index (Phi) is 5.34. The molecule has 6 nitrogen and oxygen atoms in total. The number of amides is 1. The minimum atomic E-state index is -1.24. The van der Waals surface area contributed by atoms with Crippen LogP contribution in [0.4, 0.5) is 0 Å². The number of hydrogen-bond donors (Lipinski definition) is 2. The summed E-state index contributed by atoms with van der Waals surface area (Å²) in [4.78, 5) is 23.2. The van der Waals surface area contributed by atoms with Crippen molar-refractivity contribution in [3.63, 3.8) is 0 Å². The van der Waals surface area contributed by atoms with Gasteiger partial charge in [0.15, 0.2) is 6.10 Å². The topological polar surface area (TPSA) is 88.8 Å². The third-order valence-electron chi connectivity index (χ3n) is 4.03. The molecule has 6 heteroatoms. The van der Waals surface area contributed by atoms with Crippen LogP contribution in [0.1, 0.15) is 16.8 Å². The largest absolute Gasteiger partial charge is 0.467 e. The van der Waals surface area contributed by atoms with Crippen LogP contribution in [-0.2, 0) is 9.53 Å². The Hall–Kier alpha value is -3.12. The molecule has 3 rings (SSSR count). The first kappa shape index (κ1) is 17.7. The fourth-order valence-electron chi connectivity index (χ4n) is 2.59.